The van der Waals surface area contributed by atoms with E-state index in [0.29, 0.717) is 29.3 Å². The maximum absolute atomic E-state index is 12.6. The molecule has 27 heavy (non-hydrogen) atoms. The third-order valence-electron chi connectivity index (χ3n) is 4.68. The summed E-state index contributed by atoms with van der Waals surface area (Å²) < 4.78 is 11.4. The van der Waals surface area contributed by atoms with Gasteiger partial charge in [0, 0.05) is 34.5 Å². The topological polar surface area (TPSA) is 47.6 Å². The lowest BCUT2D eigenvalue weighted by atomic mass is 9.89. The van der Waals surface area contributed by atoms with Crippen molar-refractivity contribution >= 4 is 29.1 Å². The van der Waals surface area contributed by atoms with Crippen LogP contribution in [0.5, 0.6) is 11.5 Å². The molecule has 1 aliphatic heterocycles. The number of ether oxygens (including phenoxy) is 2. The van der Waals surface area contributed by atoms with Crippen LogP contribution in [-0.2, 0) is 11.2 Å². The fourth-order valence-electron chi connectivity index (χ4n) is 3.36. The number of amides is 1. The van der Waals surface area contributed by atoms with Crippen LogP contribution in [0.1, 0.15) is 43.9 Å². The summed E-state index contributed by atoms with van der Waals surface area (Å²) in [6.07, 6.45) is 1.49. The summed E-state index contributed by atoms with van der Waals surface area (Å²) in [6, 6.07) is 10.9. The highest BCUT2D eigenvalue weighted by atomic mass is 35.5. The predicted octanol–water partition coefficient (Wildman–Crippen LogP) is 5.35. The minimum atomic E-state index is -0.386. The molecule has 0 aliphatic carbocycles. The number of carbonyl (C=O) groups is 1. The van der Waals surface area contributed by atoms with Gasteiger partial charge in [-0.2, -0.15) is 0 Å². The van der Waals surface area contributed by atoms with Gasteiger partial charge in [0.25, 0.3) is 0 Å². The van der Waals surface area contributed by atoms with Gasteiger partial charge in [-0.3, -0.25) is 4.79 Å². The summed E-state index contributed by atoms with van der Waals surface area (Å²) in [5.74, 6) is 1.42. The van der Waals surface area contributed by atoms with E-state index in [0.717, 1.165) is 22.6 Å². The number of fused-ring (bicyclic) bond motifs is 1. The van der Waals surface area contributed by atoms with Crippen LogP contribution in [0, 0.1) is 0 Å². The standard InChI is InChI=1S/C21H23Cl2NO3/c1-21(2)12-18(15-8-7-13(26-3)11-19(15)27-21)24-20(25)10-9-14-16(22)5-4-6-17(14)23/h4-8,11,18H,9-10,12H2,1-3H3,(H,24,25)/t18-/m0/s1. The molecule has 1 N–H and O–H groups in total. The van der Waals surface area contributed by atoms with Crippen LogP contribution in [0.4, 0.5) is 0 Å². The Labute approximate surface area is 169 Å². The van der Waals surface area contributed by atoms with Gasteiger partial charge in [-0.25, -0.2) is 0 Å². The molecule has 2 aromatic carbocycles. The smallest absolute Gasteiger partial charge is 0.220 e. The molecular weight excluding hydrogens is 385 g/mol. The molecule has 1 aliphatic rings. The minimum Gasteiger partial charge on any atom is -0.497 e. The lowest BCUT2D eigenvalue weighted by molar-refractivity contribution is -0.122. The molecule has 0 saturated carbocycles. The normalized spacial score (nSPS) is 17.6. The molecule has 0 unspecified atom stereocenters. The zero-order valence-electron chi connectivity index (χ0n) is 15.6. The molecule has 2 aromatic rings. The van der Waals surface area contributed by atoms with Crippen molar-refractivity contribution in [2.24, 2.45) is 0 Å². The number of benzene rings is 2. The average molecular weight is 408 g/mol. The zero-order chi connectivity index (χ0) is 19.6. The number of nitrogens with one attached hydrogen (secondary N) is 1. The molecule has 4 nitrogen and oxygen atoms in total. The van der Waals surface area contributed by atoms with Crippen molar-refractivity contribution in [2.45, 2.75) is 44.8 Å². The van der Waals surface area contributed by atoms with Crippen molar-refractivity contribution in [1.82, 2.24) is 5.32 Å². The van der Waals surface area contributed by atoms with Crippen LogP contribution >= 0.6 is 23.2 Å². The Balaban J connectivity index is 1.72. The van der Waals surface area contributed by atoms with Crippen LogP contribution in [0.15, 0.2) is 36.4 Å². The van der Waals surface area contributed by atoms with Crippen molar-refractivity contribution in [3.63, 3.8) is 0 Å². The van der Waals surface area contributed by atoms with Gasteiger partial charge in [-0.15, -0.1) is 0 Å². The fourth-order valence-corrected chi connectivity index (χ4v) is 3.95. The van der Waals surface area contributed by atoms with Gasteiger partial charge < -0.3 is 14.8 Å². The maximum Gasteiger partial charge on any atom is 0.220 e. The zero-order valence-corrected chi connectivity index (χ0v) is 17.2. The van der Waals surface area contributed by atoms with Crippen LogP contribution < -0.4 is 14.8 Å². The molecule has 0 bridgehead atoms. The van der Waals surface area contributed by atoms with E-state index in [-0.39, 0.29) is 17.6 Å². The third kappa shape index (κ3) is 4.69. The summed E-state index contributed by atoms with van der Waals surface area (Å²) in [5.41, 5.74) is 1.37. The van der Waals surface area contributed by atoms with Crippen LogP contribution in [0.25, 0.3) is 0 Å². The van der Waals surface area contributed by atoms with Gasteiger partial charge in [0.2, 0.25) is 5.91 Å². The largest absolute Gasteiger partial charge is 0.497 e. The highest BCUT2D eigenvalue weighted by Gasteiger charge is 2.34. The van der Waals surface area contributed by atoms with Gasteiger partial charge in [-0.05, 0) is 50.1 Å². The highest BCUT2D eigenvalue weighted by Crippen LogP contribution is 2.41. The van der Waals surface area contributed by atoms with Crippen LogP contribution in [0.3, 0.4) is 0 Å². The van der Waals surface area contributed by atoms with E-state index in [9.17, 15) is 4.79 Å². The summed E-state index contributed by atoms with van der Waals surface area (Å²) in [6.45, 7) is 4.02. The number of hydrogen-bond donors (Lipinski definition) is 1. The molecule has 6 heteroatoms. The molecule has 0 saturated heterocycles. The monoisotopic (exact) mass is 407 g/mol. The first kappa shape index (κ1) is 19.8. The van der Waals surface area contributed by atoms with E-state index in [1.54, 1.807) is 25.3 Å². The van der Waals surface area contributed by atoms with Crippen molar-refractivity contribution in [3.8, 4) is 11.5 Å². The fraction of sp³-hybridized carbons (Fsp3) is 0.381. The van der Waals surface area contributed by atoms with E-state index < -0.39 is 0 Å². The molecule has 0 aromatic heterocycles. The number of rotatable bonds is 5. The SMILES string of the molecule is COc1ccc2c(c1)OC(C)(C)C[C@@H]2NC(=O)CCc1c(Cl)cccc1Cl. The second kappa shape index (κ2) is 7.99. The lowest BCUT2D eigenvalue weighted by Gasteiger charge is -2.38. The lowest BCUT2D eigenvalue weighted by Crippen LogP contribution is -2.41. The van der Waals surface area contributed by atoms with Gasteiger partial charge >= 0.3 is 0 Å². The van der Waals surface area contributed by atoms with Crippen molar-refractivity contribution in [3.05, 3.63) is 57.6 Å². The van der Waals surface area contributed by atoms with Crippen LogP contribution in [0.2, 0.25) is 10.0 Å². The highest BCUT2D eigenvalue weighted by molar-refractivity contribution is 6.36. The predicted molar refractivity (Wildman–Crippen MR) is 108 cm³/mol. The van der Waals surface area contributed by atoms with Gasteiger partial charge in [0.05, 0.1) is 13.2 Å². The third-order valence-corrected chi connectivity index (χ3v) is 5.39. The molecule has 1 heterocycles. The average Bonchev–Trinajstić information content (AvgIpc) is 2.59. The van der Waals surface area contributed by atoms with Gasteiger partial charge in [0.15, 0.2) is 0 Å². The molecule has 0 spiro atoms. The van der Waals surface area contributed by atoms with E-state index in [4.69, 9.17) is 32.7 Å². The molecule has 3 rings (SSSR count). The van der Waals surface area contributed by atoms with Gasteiger partial charge in [-0.1, -0.05) is 29.3 Å². The molecule has 144 valence electrons. The summed E-state index contributed by atoms with van der Waals surface area (Å²) in [5, 5.41) is 4.30. The number of halogens is 2. The van der Waals surface area contributed by atoms with E-state index >= 15 is 0 Å². The Morgan fingerprint density at radius 3 is 2.63 bits per heavy atom. The quantitative estimate of drug-likeness (QED) is 0.725. The second-order valence-corrected chi connectivity index (χ2v) is 8.10. The van der Waals surface area contributed by atoms with E-state index in [2.05, 4.69) is 5.32 Å². The molecule has 1 atom stereocenters. The first-order chi connectivity index (χ1) is 12.8. The number of methoxy groups -OCH3 is 1. The van der Waals surface area contributed by atoms with E-state index in [1.807, 2.05) is 32.0 Å². The Bertz CT molecular complexity index is 831. The Morgan fingerprint density at radius 2 is 1.96 bits per heavy atom. The second-order valence-electron chi connectivity index (χ2n) is 7.29. The number of carbonyl (C=O) groups excluding carboxylic acids is 1. The molecular formula is C21H23Cl2NO3. The van der Waals surface area contributed by atoms with Crippen molar-refractivity contribution in [2.75, 3.05) is 7.11 Å². The summed E-state index contributed by atoms with van der Waals surface area (Å²) in [4.78, 5) is 12.6. The first-order valence-corrected chi connectivity index (χ1v) is 9.64. The Hall–Kier alpha value is -1.91. The Morgan fingerprint density at radius 1 is 1.26 bits per heavy atom. The van der Waals surface area contributed by atoms with E-state index in [1.165, 1.54) is 0 Å². The Kier molecular flexibility index (Phi) is 5.87. The molecule has 0 fully saturated rings. The summed E-state index contributed by atoms with van der Waals surface area (Å²) >= 11 is 12.4. The molecule has 1 amide bonds. The maximum atomic E-state index is 12.6. The van der Waals surface area contributed by atoms with Crippen molar-refractivity contribution < 1.29 is 14.3 Å². The first-order valence-electron chi connectivity index (χ1n) is 8.88. The van der Waals surface area contributed by atoms with Crippen molar-refractivity contribution in [1.29, 1.82) is 0 Å². The van der Waals surface area contributed by atoms with Gasteiger partial charge in [0.1, 0.15) is 17.1 Å². The number of hydrogen-bond acceptors (Lipinski definition) is 3. The minimum absolute atomic E-state index is 0.0459. The molecule has 0 radical (unpaired) electrons. The summed E-state index contributed by atoms with van der Waals surface area (Å²) in [7, 11) is 1.62. The van der Waals surface area contributed by atoms with Crippen LogP contribution in [-0.4, -0.2) is 18.6 Å².